The first-order valence-electron chi connectivity index (χ1n) is 5.73. The summed E-state index contributed by atoms with van der Waals surface area (Å²) in [5, 5.41) is 0.853. The van der Waals surface area contributed by atoms with Gasteiger partial charge in [0.25, 0.3) is 0 Å². The average Bonchev–Trinajstić information content (AvgIpc) is 2.35. The van der Waals surface area contributed by atoms with E-state index < -0.39 is 0 Å². The van der Waals surface area contributed by atoms with Gasteiger partial charge in [-0.15, -0.1) is 0 Å². The number of benzene rings is 1. The molecule has 0 radical (unpaired) electrons. The Kier molecular flexibility index (Phi) is 4.61. The van der Waals surface area contributed by atoms with E-state index in [0.29, 0.717) is 6.61 Å². The zero-order chi connectivity index (χ0) is 12.3. The number of rotatable bonds is 3. The molecule has 2 rings (SSSR count). The van der Waals surface area contributed by atoms with Gasteiger partial charge in [0.15, 0.2) is 0 Å². The highest BCUT2D eigenvalue weighted by Crippen LogP contribution is 2.35. The predicted octanol–water partition coefficient (Wildman–Crippen LogP) is 4.32. The molecular weight excluding hydrogens is 351 g/mol. The van der Waals surface area contributed by atoms with Gasteiger partial charge in [-0.2, -0.15) is 0 Å². The molecule has 1 heterocycles. The quantitative estimate of drug-likeness (QED) is 0.724. The van der Waals surface area contributed by atoms with Crippen molar-refractivity contribution < 1.29 is 9.13 Å². The van der Waals surface area contributed by atoms with Crippen molar-refractivity contribution in [2.45, 2.75) is 19.3 Å². The van der Waals surface area contributed by atoms with Crippen molar-refractivity contribution in [3.63, 3.8) is 0 Å². The molecule has 1 aliphatic rings. The maximum absolute atomic E-state index is 13.8. The fraction of sp³-hybridized carbons (Fsp3) is 0.538. The highest BCUT2D eigenvalue weighted by atomic mass is 79.9. The van der Waals surface area contributed by atoms with E-state index in [-0.39, 0.29) is 11.2 Å². The molecule has 0 amide bonds. The lowest BCUT2D eigenvalue weighted by Gasteiger charge is -2.35. The fourth-order valence-corrected chi connectivity index (χ4v) is 3.33. The molecule has 1 unspecified atom stereocenters. The topological polar surface area (TPSA) is 9.23 Å². The van der Waals surface area contributed by atoms with Crippen LogP contribution in [-0.4, -0.2) is 18.5 Å². The van der Waals surface area contributed by atoms with Gasteiger partial charge in [0.05, 0.1) is 6.61 Å². The molecule has 0 spiro atoms. The van der Waals surface area contributed by atoms with Crippen molar-refractivity contribution in [3.8, 4) is 0 Å². The van der Waals surface area contributed by atoms with Gasteiger partial charge in [0.1, 0.15) is 5.82 Å². The third-order valence-corrected chi connectivity index (χ3v) is 4.94. The summed E-state index contributed by atoms with van der Waals surface area (Å²) >= 11 is 6.95. The first kappa shape index (κ1) is 13.5. The van der Waals surface area contributed by atoms with Crippen molar-refractivity contribution in [2.24, 2.45) is 5.41 Å². The molecule has 94 valence electrons. The van der Waals surface area contributed by atoms with Crippen LogP contribution in [0.2, 0.25) is 0 Å². The third-order valence-electron chi connectivity index (χ3n) is 3.26. The molecule has 0 saturated carbocycles. The zero-order valence-electron chi connectivity index (χ0n) is 9.52. The number of hydrogen-bond donors (Lipinski definition) is 0. The van der Waals surface area contributed by atoms with Crippen LogP contribution in [0, 0.1) is 11.2 Å². The minimum absolute atomic E-state index is 0.0416. The van der Waals surface area contributed by atoms with Gasteiger partial charge in [0.2, 0.25) is 0 Å². The monoisotopic (exact) mass is 364 g/mol. The molecule has 4 heteroatoms. The Balaban J connectivity index is 2.20. The average molecular weight is 366 g/mol. The fourth-order valence-electron chi connectivity index (χ4n) is 2.28. The molecule has 1 saturated heterocycles. The highest BCUT2D eigenvalue weighted by Gasteiger charge is 2.32. The summed E-state index contributed by atoms with van der Waals surface area (Å²) in [6, 6.07) is 5.12. The molecule has 1 aromatic carbocycles. The van der Waals surface area contributed by atoms with Crippen LogP contribution in [0.25, 0.3) is 0 Å². The number of halogens is 3. The van der Waals surface area contributed by atoms with E-state index in [2.05, 4.69) is 31.9 Å². The van der Waals surface area contributed by atoms with E-state index in [9.17, 15) is 4.39 Å². The van der Waals surface area contributed by atoms with Crippen LogP contribution in [-0.2, 0) is 11.2 Å². The summed E-state index contributed by atoms with van der Waals surface area (Å²) in [4.78, 5) is 0. The van der Waals surface area contributed by atoms with Crippen LogP contribution >= 0.6 is 31.9 Å². The number of ether oxygens (including phenoxy) is 1. The normalized spacial score (nSPS) is 24.9. The van der Waals surface area contributed by atoms with Gasteiger partial charge >= 0.3 is 0 Å². The van der Waals surface area contributed by atoms with Crippen molar-refractivity contribution in [3.05, 3.63) is 34.1 Å². The second-order valence-electron chi connectivity index (χ2n) is 4.70. The van der Waals surface area contributed by atoms with E-state index in [1.807, 2.05) is 6.07 Å². The summed E-state index contributed by atoms with van der Waals surface area (Å²) in [5.41, 5.74) is 0.809. The summed E-state index contributed by atoms with van der Waals surface area (Å²) in [6.45, 7) is 1.54. The lowest BCUT2D eigenvalue weighted by molar-refractivity contribution is 0.00577. The summed E-state index contributed by atoms with van der Waals surface area (Å²) in [5.74, 6) is -0.126. The summed E-state index contributed by atoms with van der Waals surface area (Å²) < 4.78 is 20.2. The van der Waals surface area contributed by atoms with Crippen molar-refractivity contribution >= 4 is 31.9 Å². The zero-order valence-corrected chi connectivity index (χ0v) is 12.7. The minimum Gasteiger partial charge on any atom is -0.381 e. The molecule has 1 nitrogen and oxygen atoms in total. The lowest BCUT2D eigenvalue weighted by Crippen LogP contribution is -2.35. The predicted molar refractivity (Wildman–Crippen MR) is 74.1 cm³/mol. The molecule has 0 bridgehead atoms. The third kappa shape index (κ3) is 3.30. The second kappa shape index (κ2) is 5.81. The number of hydrogen-bond acceptors (Lipinski definition) is 1. The Bertz CT molecular complexity index is 389. The highest BCUT2D eigenvalue weighted by molar-refractivity contribution is 9.10. The largest absolute Gasteiger partial charge is 0.381 e. The molecule has 0 aromatic heterocycles. The first-order valence-corrected chi connectivity index (χ1v) is 7.64. The van der Waals surface area contributed by atoms with E-state index in [0.717, 1.165) is 41.2 Å². The smallest absolute Gasteiger partial charge is 0.126 e. The second-order valence-corrected chi connectivity index (χ2v) is 6.18. The molecule has 17 heavy (non-hydrogen) atoms. The number of alkyl halides is 1. The lowest BCUT2D eigenvalue weighted by atomic mass is 9.79. The van der Waals surface area contributed by atoms with Crippen molar-refractivity contribution in [2.75, 3.05) is 18.5 Å². The van der Waals surface area contributed by atoms with E-state index in [1.54, 1.807) is 6.07 Å². The molecule has 1 fully saturated rings. The van der Waals surface area contributed by atoms with Crippen LogP contribution in [0.4, 0.5) is 4.39 Å². The van der Waals surface area contributed by atoms with Crippen LogP contribution < -0.4 is 0 Å². The van der Waals surface area contributed by atoms with E-state index in [1.165, 1.54) is 6.07 Å². The van der Waals surface area contributed by atoms with Crippen LogP contribution in [0.5, 0.6) is 0 Å². The molecule has 0 aliphatic carbocycles. The molecule has 0 N–H and O–H groups in total. The Labute approximate surface area is 118 Å². The minimum atomic E-state index is -0.126. The van der Waals surface area contributed by atoms with E-state index >= 15 is 0 Å². The van der Waals surface area contributed by atoms with Gasteiger partial charge in [-0.3, -0.25) is 0 Å². The standard InChI is InChI=1S/C13H15Br2FO/c14-8-13(4-1-5-17-9-13)7-10-6-11(15)2-3-12(10)16/h2-3,6H,1,4-5,7-9H2. The van der Waals surface area contributed by atoms with Crippen LogP contribution in [0.3, 0.4) is 0 Å². The summed E-state index contributed by atoms with van der Waals surface area (Å²) in [7, 11) is 0. The van der Waals surface area contributed by atoms with Gasteiger partial charge in [0, 0.05) is 21.8 Å². The maximum atomic E-state index is 13.8. The SMILES string of the molecule is Fc1ccc(Br)cc1CC1(CBr)CCCOC1. The molecule has 1 aliphatic heterocycles. The first-order chi connectivity index (χ1) is 8.15. The Morgan fingerprint density at radius 3 is 2.88 bits per heavy atom. The van der Waals surface area contributed by atoms with Crippen LogP contribution in [0.1, 0.15) is 18.4 Å². The Morgan fingerprint density at radius 1 is 1.41 bits per heavy atom. The summed E-state index contributed by atoms with van der Waals surface area (Å²) in [6.07, 6.45) is 2.87. The maximum Gasteiger partial charge on any atom is 0.126 e. The van der Waals surface area contributed by atoms with Gasteiger partial charge < -0.3 is 4.74 Å². The van der Waals surface area contributed by atoms with Crippen molar-refractivity contribution in [1.82, 2.24) is 0 Å². The Hall–Kier alpha value is 0.0700. The molecular formula is C13H15Br2FO. The molecule has 1 aromatic rings. The van der Waals surface area contributed by atoms with Crippen molar-refractivity contribution in [1.29, 1.82) is 0 Å². The van der Waals surface area contributed by atoms with Crippen LogP contribution in [0.15, 0.2) is 22.7 Å². The van der Waals surface area contributed by atoms with Gasteiger partial charge in [-0.1, -0.05) is 31.9 Å². The van der Waals surface area contributed by atoms with E-state index in [4.69, 9.17) is 4.74 Å². The van der Waals surface area contributed by atoms with Gasteiger partial charge in [-0.05, 0) is 43.0 Å². The van der Waals surface area contributed by atoms with Gasteiger partial charge in [-0.25, -0.2) is 4.39 Å². The Morgan fingerprint density at radius 2 is 2.24 bits per heavy atom. The molecule has 1 atom stereocenters.